The maximum Gasteiger partial charge on any atom is 0.407 e. The summed E-state index contributed by atoms with van der Waals surface area (Å²) < 4.78 is 11.5. The maximum absolute atomic E-state index is 15.1. The van der Waals surface area contributed by atoms with E-state index in [1.807, 2.05) is 0 Å². The van der Waals surface area contributed by atoms with E-state index in [4.69, 9.17) is 25.8 Å². The number of fused-ring (bicyclic) bond motifs is 1. The molecule has 716 valence electrons. The van der Waals surface area contributed by atoms with Crippen LogP contribution in [0.15, 0.2) is 66.9 Å². The first-order chi connectivity index (χ1) is 62.0. The molecule has 3 heterocycles. The van der Waals surface area contributed by atoms with Crippen molar-refractivity contribution in [2.75, 3.05) is 32.0 Å². The number of unbranched alkanes of at least 4 members (excludes halogenated alkanes) is 6. The Hall–Kier alpha value is -13.4. The fraction of sp³-hybridized carbons (Fsp3) is 0.568. The Kier molecular flexibility index (Phi) is 42.5. The van der Waals surface area contributed by atoms with Crippen molar-refractivity contribution < 1.29 is 135 Å². The number of alkyl carbamates (subject to hydrolysis) is 1. The van der Waals surface area contributed by atoms with Crippen molar-refractivity contribution in [3.05, 3.63) is 78.0 Å². The summed E-state index contributed by atoms with van der Waals surface area (Å²) in [5.41, 5.74) is 11.4. The van der Waals surface area contributed by atoms with E-state index in [0.717, 1.165) is 39.0 Å². The number of aliphatic carboxylic acids is 2. The number of allylic oxidation sites excluding steroid dienone is 1. The molecule has 0 saturated carbocycles. The van der Waals surface area contributed by atoms with Crippen molar-refractivity contribution in [3.8, 4) is 0 Å². The third-order valence-corrected chi connectivity index (χ3v) is 22.7. The minimum Gasteiger partial charge on any atom is -0.481 e. The number of nitrogens with two attached hydrogens (primary N) is 2. The standard InChI is InChI=1S/C88H121N15O28/c1-8-9-10-11-12-13-14-28-70(110)98-62(37-53-43-92-59-26-18-16-23-55(53)59)83(124)100-61(42-69(90)109)67(107)38-52(39-76(117)118)81(122)102-77-51(6)129-85(126)63(41-65(105)56-24-15-17-25-58(56)89)101-82(123)57(47(2)36-75(115)116)40-68(108)64(46-104)99-72(112)44-93-79(120)49(4)96-80(121)50(5)95-78(119)48(3)35-66(106)60(97-71(111)45-94-84(77)125)27-21-34-91-87(128)130-54-22-19-20-32-88(7,33-31-54)86(127)131-103-73(113)29-30-74(103)114/h15-19,22-26,43,47-52,54,57,60-64,77,92,104H,8-14,20-21,27-42,44-46,89H2,1-7H3,(H2,90,109)(H,91,128)(H,93,120)(H,94,125)(H,95,119)(H,96,121)(H,97,111)(H,98,110)(H,99,112)(H,100,124)(H,101,123)(H,102,122)(H,115,116)(H,117,118)/b22-19+/t47?,48-,49+,50-,51-,52+,54-,57+,60+,61-,62+,63+,64-,77+,88+/m1/s1. The molecule has 15 atom stereocenters. The molecular formula is C88H121N15O28. The Morgan fingerprint density at radius 2 is 1.27 bits per heavy atom. The quantitative estimate of drug-likeness (QED) is 0.00947. The van der Waals surface area contributed by atoms with Crippen molar-refractivity contribution in [1.82, 2.24) is 68.5 Å². The van der Waals surface area contributed by atoms with Crippen LogP contribution >= 0.6 is 0 Å². The van der Waals surface area contributed by atoms with Crippen molar-refractivity contribution in [2.45, 2.75) is 263 Å². The van der Waals surface area contributed by atoms with Crippen LogP contribution in [-0.4, -0.2) is 242 Å². The van der Waals surface area contributed by atoms with Gasteiger partial charge in [-0.3, -0.25) is 91.1 Å². The largest absolute Gasteiger partial charge is 0.481 e. The number of benzene rings is 2. The molecule has 2 saturated heterocycles. The second-order valence-corrected chi connectivity index (χ2v) is 33.4. The number of ketones is 4. The van der Waals surface area contributed by atoms with E-state index in [9.17, 15) is 106 Å². The summed E-state index contributed by atoms with van der Waals surface area (Å²) in [6.07, 6.45) is -0.744. The van der Waals surface area contributed by atoms with Gasteiger partial charge < -0.3 is 105 Å². The number of aromatic nitrogens is 1. The van der Waals surface area contributed by atoms with Crippen molar-refractivity contribution in [2.24, 2.45) is 34.8 Å². The number of anilines is 1. The number of aliphatic hydroxyl groups is 1. The number of hydrogen-bond donors (Lipinski definition) is 17. The van der Waals surface area contributed by atoms with E-state index in [-0.39, 0.29) is 82.0 Å². The lowest BCUT2D eigenvalue weighted by atomic mass is 9.79. The topological polar surface area (TPSA) is 667 Å². The number of carbonyl (C=O) groups excluding carboxylic acids is 20. The van der Waals surface area contributed by atoms with Crippen LogP contribution in [0.25, 0.3) is 10.9 Å². The van der Waals surface area contributed by atoms with E-state index in [1.165, 1.54) is 52.0 Å². The van der Waals surface area contributed by atoms with Gasteiger partial charge in [0.15, 0.2) is 23.1 Å². The number of esters is 1. The number of carboxylic acids is 2. The number of cyclic esters (lactones) is 1. The third kappa shape index (κ3) is 34.5. The molecule has 1 aromatic heterocycles. The SMILES string of the molecule is CCCCCCCCCC(=O)N[C@@H](Cc1c[nH]c2ccccc12)C(=O)N[C@H](CC(N)=O)C(=O)C[C@@H](CC(=O)O)C(=O)N[C@@H]1C(=O)NCC(=O)N[C@@H](CCCNC(=O)O[C@@H]2/C=C/CC[C@](C)(C(=O)ON3C(=O)CCC3=O)CC2)C(=O)C[C@@H](C)C(=O)N[C@H](C)C(=O)N[C@@H](C)C(=O)NCC(=O)N[C@H](CO)C(=O)C[C@@H](C(C)CC(=O)O)C(=O)N[C@@H](CC(=O)c2ccccc2N)C(=O)O[C@@H]1C. The molecule has 0 bridgehead atoms. The van der Waals surface area contributed by atoms with Gasteiger partial charge in [-0.15, -0.1) is 5.06 Å². The van der Waals surface area contributed by atoms with Crippen LogP contribution < -0.4 is 70.0 Å². The number of primary amides is 1. The van der Waals surface area contributed by atoms with Crippen LogP contribution in [0.4, 0.5) is 10.5 Å². The zero-order valence-corrected chi connectivity index (χ0v) is 74.4. The number of aromatic amines is 1. The Morgan fingerprint density at radius 1 is 0.656 bits per heavy atom. The first-order valence-corrected chi connectivity index (χ1v) is 43.7. The highest BCUT2D eigenvalue weighted by molar-refractivity contribution is 6.05. The summed E-state index contributed by atoms with van der Waals surface area (Å²) in [6, 6.07) is -2.12. The van der Waals surface area contributed by atoms with Gasteiger partial charge in [-0.05, 0) is 108 Å². The summed E-state index contributed by atoms with van der Waals surface area (Å²) in [4.78, 5) is 312. The fourth-order valence-electron chi connectivity index (χ4n) is 14.8. The number of Topliss-reactive ketones (excluding diaryl/α,β-unsaturated/α-hetero) is 4. The minimum absolute atomic E-state index is 0.00547. The first kappa shape index (κ1) is 106. The number of carbonyl (C=O) groups is 22. The van der Waals surface area contributed by atoms with Crippen LogP contribution in [0.2, 0.25) is 0 Å². The normalized spacial score (nSPS) is 23.5. The molecule has 19 N–H and O–H groups in total. The number of amides is 14. The van der Waals surface area contributed by atoms with Gasteiger partial charge in [0, 0.05) is 105 Å². The Bertz CT molecular complexity index is 4710. The zero-order chi connectivity index (χ0) is 96.9. The predicted octanol–water partition coefficient (Wildman–Crippen LogP) is 0.620. The number of imide groups is 1. The van der Waals surface area contributed by atoms with E-state index in [2.05, 4.69) is 70.4 Å². The fourth-order valence-corrected chi connectivity index (χ4v) is 14.8. The zero-order valence-electron chi connectivity index (χ0n) is 74.4. The summed E-state index contributed by atoms with van der Waals surface area (Å²) in [7, 11) is 0. The van der Waals surface area contributed by atoms with Gasteiger partial charge in [0.05, 0.1) is 56.0 Å². The van der Waals surface area contributed by atoms with Crippen LogP contribution in [0, 0.1) is 29.1 Å². The number of nitrogen functional groups attached to an aromatic ring is 1. The Labute approximate surface area is 754 Å². The number of aliphatic hydroxyl groups excluding tert-OH is 1. The van der Waals surface area contributed by atoms with Gasteiger partial charge in [-0.2, -0.15) is 0 Å². The molecule has 43 nitrogen and oxygen atoms in total. The molecule has 3 aromatic rings. The lowest BCUT2D eigenvalue weighted by molar-refractivity contribution is -0.205. The molecule has 2 aromatic carbocycles. The molecule has 43 heteroatoms. The number of hydroxylamine groups is 2. The molecule has 2 aliphatic heterocycles. The average molecular weight is 1840 g/mol. The van der Waals surface area contributed by atoms with Gasteiger partial charge >= 0.3 is 30.0 Å². The van der Waals surface area contributed by atoms with E-state index in [0.29, 0.717) is 34.4 Å². The summed E-state index contributed by atoms with van der Waals surface area (Å²) in [5.74, 6) is -30.4. The molecule has 14 amide bonds. The maximum atomic E-state index is 15.1. The number of hydrogen-bond acceptors (Lipinski definition) is 27. The van der Waals surface area contributed by atoms with Gasteiger partial charge in [-0.25, -0.2) is 14.4 Å². The van der Waals surface area contributed by atoms with Gasteiger partial charge in [0.25, 0.3) is 11.8 Å². The van der Waals surface area contributed by atoms with Crippen molar-refractivity contribution in [3.63, 3.8) is 0 Å². The summed E-state index contributed by atoms with van der Waals surface area (Å²) in [5, 5.41) is 58.0. The molecule has 1 aliphatic carbocycles. The first-order valence-electron chi connectivity index (χ1n) is 43.7. The molecule has 6 rings (SSSR count). The lowest BCUT2D eigenvalue weighted by Gasteiger charge is -2.30. The molecule has 131 heavy (non-hydrogen) atoms. The van der Waals surface area contributed by atoms with E-state index in [1.54, 1.807) is 49.5 Å². The van der Waals surface area contributed by atoms with Crippen molar-refractivity contribution in [1.29, 1.82) is 0 Å². The van der Waals surface area contributed by atoms with Crippen LogP contribution in [0.1, 0.15) is 212 Å². The van der Waals surface area contributed by atoms with Gasteiger partial charge in [0.2, 0.25) is 65.0 Å². The van der Waals surface area contributed by atoms with Crippen LogP contribution in [0.5, 0.6) is 0 Å². The number of para-hydroxylation sites is 2. The summed E-state index contributed by atoms with van der Waals surface area (Å²) >= 11 is 0. The number of rotatable bonds is 36. The second-order valence-electron chi connectivity index (χ2n) is 33.4. The van der Waals surface area contributed by atoms with Crippen molar-refractivity contribution >= 4 is 146 Å². The number of ether oxygens (including phenoxy) is 2. The molecule has 2 fully saturated rings. The molecular weight excluding hydrogens is 1720 g/mol. The lowest BCUT2D eigenvalue weighted by Crippen LogP contribution is -2.57. The highest BCUT2D eigenvalue weighted by Crippen LogP contribution is 2.35. The second kappa shape index (κ2) is 52.3. The van der Waals surface area contributed by atoms with Crippen LogP contribution in [0.3, 0.4) is 0 Å². The highest BCUT2D eigenvalue weighted by atomic mass is 16.7. The highest BCUT2D eigenvalue weighted by Gasteiger charge is 2.44. The molecule has 0 radical (unpaired) electrons. The van der Waals surface area contributed by atoms with Gasteiger partial charge in [0.1, 0.15) is 48.5 Å². The minimum atomic E-state index is -2.39. The average Bonchev–Trinajstić information content (AvgIpc) is 1.77. The summed E-state index contributed by atoms with van der Waals surface area (Å²) in [6.45, 7) is 5.89. The molecule has 1 unspecified atom stereocenters. The van der Waals surface area contributed by atoms with Gasteiger partial charge in [-0.1, -0.05) is 95.7 Å². The Morgan fingerprint density at radius 3 is 1.93 bits per heavy atom. The number of nitrogens with zero attached hydrogens (tertiary/aromatic N) is 1. The van der Waals surface area contributed by atoms with E-state index >= 15 is 14.4 Å². The van der Waals surface area contributed by atoms with Crippen LogP contribution in [-0.2, 0) is 117 Å². The number of nitrogens with one attached hydrogen (secondary N) is 12. The number of carboxylic acid groups (broad SMARTS) is 2. The van der Waals surface area contributed by atoms with E-state index < -0.39 is 284 Å². The monoisotopic (exact) mass is 1840 g/mol. The smallest absolute Gasteiger partial charge is 0.407 e. The number of H-pyrrole nitrogens is 1. The predicted molar refractivity (Wildman–Crippen MR) is 463 cm³/mol. The molecule has 0 spiro atoms. The third-order valence-electron chi connectivity index (χ3n) is 22.7. The molecule has 3 aliphatic rings. The Balaban J connectivity index is 1.37.